The van der Waals surface area contributed by atoms with Crippen LogP contribution in [-0.4, -0.2) is 18.4 Å². The van der Waals surface area contributed by atoms with Gasteiger partial charge in [-0.25, -0.2) is 4.90 Å². The van der Waals surface area contributed by atoms with E-state index < -0.39 is 18.4 Å². The number of carbonyl (C=O) groups is 2. The van der Waals surface area contributed by atoms with E-state index in [2.05, 4.69) is 4.74 Å². The Labute approximate surface area is 118 Å². The van der Waals surface area contributed by atoms with Gasteiger partial charge in [-0.2, -0.15) is 8.78 Å². The third kappa shape index (κ3) is 2.38. The van der Waals surface area contributed by atoms with Gasteiger partial charge >= 0.3 is 6.61 Å². The maximum Gasteiger partial charge on any atom is 0.387 e. The fourth-order valence-corrected chi connectivity index (χ4v) is 2.02. The van der Waals surface area contributed by atoms with Gasteiger partial charge in [0.15, 0.2) is 0 Å². The topological polar surface area (TPSA) is 46.6 Å². The molecule has 2 rings (SSSR count). The van der Waals surface area contributed by atoms with Crippen molar-refractivity contribution in [2.24, 2.45) is 0 Å². The van der Waals surface area contributed by atoms with Gasteiger partial charge in [-0.1, -0.05) is 11.6 Å². The molecule has 1 heterocycles. The monoisotopic (exact) mass is 301 g/mol. The molecule has 0 atom stereocenters. The zero-order valence-electron chi connectivity index (χ0n) is 10.6. The molecule has 1 aliphatic rings. The van der Waals surface area contributed by atoms with Crippen molar-refractivity contribution in [3.63, 3.8) is 0 Å². The fourth-order valence-electron chi connectivity index (χ4n) is 1.80. The normalized spacial score (nSPS) is 15.6. The lowest BCUT2D eigenvalue weighted by atomic mass is 10.2. The Morgan fingerprint density at radius 1 is 1.15 bits per heavy atom. The lowest BCUT2D eigenvalue weighted by Gasteiger charge is -2.16. The Balaban J connectivity index is 2.34. The summed E-state index contributed by atoms with van der Waals surface area (Å²) in [6.07, 6.45) is 0. The van der Waals surface area contributed by atoms with E-state index in [1.54, 1.807) is 13.8 Å². The largest absolute Gasteiger partial charge is 0.433 e. The zero-order valence-corrected chi connectivity index (χ0v) is 11.4. The van der Waals surface area contributed by atoms with E-state index in [4.69, 9.17) is 11.6 Å². The van der Waals surface area contributed by atoms with Crippen LogP contribution in [0, 0.1) is 0 Å². The number of carbonyl (C=O) groups excluding carboxylic acids is 2. The van der Waals surface area contributed by atoms with Gasteiger partial charge in [-0.3, -0.25) is 9.59 Å². The van der Waals surface area contributed by atoms with Crippen molar-refractivity contribution in [2.75, 3.05) is 4.90 Å². The van der Waals surface area contributed by atoms with Gasteiger partial charge < -0.3 is 4.74 Å². The van der Waals surface area contributed by atoms with Crippen LogP contribution >= 0.6 is 11.6 Å². The molecular formula is C13H10ClF2NO3. The minimum atomic E-state index is -3.00. The molecule has 0 N–H and O–H groups in total. The first-order valence-corrected chi connectivity index (χ1v) is 6.01. The van der Waals surface area contributed by atoms with Gasteiger partial charge in [-0.15, -0.1) is 0 Å². The maximum atomic E-state index is 12.1. The minimum Gasteiger partial charge on any atom is -0.433 e. The summed E-state index contributed by atoms with van der Waals surface area (Å²) in [5, 5.41) is -0.106. The van der Waals surface area contributed by atoms with E-state index in [-0.39, 0.29) is 16.5 Å². The molecule has 0 fully saturated rings. The lowest BCUT2D eigenvalue weighted by molar-refractivity contribution is -0.120. The summed E-state index contributed by atoms with van der Waals surface area (Å²) in [5.41, 5.74) is 0.904. The number of anilines is 1. The van der Waals surface area contributed by atoms with Crippen molar-refractivity contribution in [1.29, 1.82) is 0 Å². The predicted octanol–water partition coefficient (Wildman–Crippen LogP) is 3.15. The van der Waals surface area contributed by atoms with Crippen LogP contribution in [0.5, 0.6) is 5.75 Å². The Morgan fingerprint density at radius 2 is 1.70 bits per heavy atom. The van der Waals surface area contributed by atoms with Crippen molar-refractivity contribution < 1.29 is 23.1 Å². The fraction of sp³-hybridized carbons (Fsp3) is 0.231. The molecule has 7 heteroatoms. The van der Waals surface area contributed by atoms with Crippen LogP contribution in [-0.2, 0) is 9.59 Å². The van der Waals surface area contributed by atoms with Gasteiger partial charge in [0.25, 0.3) is 11.8 Å². The standard InChI is InChI=1S/C13H10ClF2NO3/c1-6-7(2)12(19)17(11(6)18)8-3-4-10(9(14)5-8)20-13(15)16/h3-5,13H,1-2H3. The molecule has 1 aromatic rings. The highest BCUT2D eigenvalue weighted by molar-refractivity contribution is 6.34. The summed E-state index contributed by atoms with van der Waals surface area (Å²) in [6, 6.07) is 3.75. The van der Waals surface area contributed by atoms with Crippen LogP contribution in [0.2, 0.25) is 5.02 Å². The molecule has 2 amide bonds. The Morgan fingerprint density at radius 3 is 2.15 bits per heavy atom. The van der Waals surface area contributed by atoms with Crippen LogP contribution in [0.4, 0.5) is 14.5 Å². The van der Waals surface area contributed by atoms with Crippen LogP contribution in [0.3, 0.4) is 0 Å². The van der Waals surface area contributed by atoms with E-state index in [0.717, 1.165) is 4.90 Å². The number of nitrogens with zero attached hydrogens (tertiary/aromatic N) is 1. The van der Waals surface area contributed by atoms with Crippen molar-refractivity contribution in [3.05, 3.63) is 34.4 Å². The van der Waals surface area contributed by atoms with Gasteiger partial charge in [0.1, 0.15) is 5.75 Å². The van der Waals surface area contributed by atoms with E-state index in [1.807, 2.05) is 0 Å². The third-order valence-electron chi connectivity index (χ3n) is 3.00. The second-order valence-electron chi connectivity index (χ2n) is 4.19. The molecule has 0 unspecified atom stereocenters. The number of benzene rings is 1. The van der Waals surface area contributed by atoms with Gasteiger partial charge in [0.2, 0.25) is 0 Å². The van der Waals surface area contributed by atoms with Crippen LogP contribution in [0.1, 0.15) is 13.8 Å². The second-order valence-corrected chi connectivity index (χ2v) is 4.60. The quantitative estimate of drug-likeness (QED) is 0.806. The molecule has 0 aliphatic carbocycles. The first kappa shape index (κ1) is 14.5. The SMILES string of the molecule is CC1=C(C)C(=O)N(c2ccc(OC(F)F)c(Cl)c2)C1=O. The summed E-state index contributed by atoms with van der Waals surface area (Å²) < 4.78 is 28.4. The summed E-state index contributed by atoms with van der Waals surface area (Å²) in [6.45, 7) is 0.0937. The molecule has 1 aliphatic heterocycles. The summed E-state index contributed by atoms with van der Waals surface area (Å²) >= 11 is 5.80. The number of imide groups is 1. The predicted molar refractivity (Wildman–Crippen MR) is 69.0 cm³/mol. The van der Waals surface area contributed by atoms with E-state index >= 15 is 0 Å². The molecule has 0 aromatic heterocycles. The van der Waals surface area contributed by atoms with Crippen molar-refractivity contribution in [1.82, 2.24) is 0 Å². The Hall–Kier alpha value is -1.95. The van der Waals surface area contributed by atoms with Crippen molar-refractivity contribution in [3.8, 4) is 5.75 Å². The molecule has 0 saturated carbocycles. The maximum absolute atomic E-state index is 12.1. The van der Waals surface area contributed by atoms with Crippen LogP contribution in [0.15, 0.2) is 29.3 Å². The van der Waals surface area contributed by atoms with Gasteiger partial charge in [0.05, 0.1) is 10.7 Å². The highest BCUT2D eigenvalue weighted by atomic mass is 35.5. The summed E-state index contributed by atoms with van der Waals surface area (Å²) in [4.78, 5) is 24.9. The summed E-state index contributed by atoms with van der Waals surface area (Å²) in [5.74, 6) is -1.12. The average Bonchev–Trinajstić information content (AvgIpc) is 2.56. The van der Waals surface area contributed by atoms with Crippen molar-refractivity contribution in [2.45, 2.75) is 20.5 Å². The zero-order chi connectivity index (χ0) is 15.0. The van der Waals surface area contributed by atoms with Crippen LogP contribution in [0.25, 0.3) is 0 Å². The number of halogens is 3. The Kier molecular flexibility index (Phi) is 3.76. The summed E-state index contributed by atoms with van der Waals surface area (Å²) in [7, 11) is 0. The number of alkyl halides is 2. The van der Waals surface area contributed by atoms with Gasteiger partial charge in [-0.05, 0) is 32.0 Å². The molecular weight excluding hydrogens is 292 g/mol. The first-order valence-electron chi connectivity index (χ1n) is 5.63. The molecule has 0 bridgehead atoms. The van der Waals surface area contributed by atoms with Crippen LogP contribution < -0.4 is 9.64 Å². The first-order chi connectivity index (χ1) is 9.32. The molecule has 0 saturated heterocycles. The van der Waals surface area contributed by atoms with Gasteiger partial charge in [0, 0.05) is 11.1 Å². The van der Waals surface area contributed by atoms with E-state index in [0.29, 0.717) is 11.1 Å². The molecule has 0 radical (unpaired) electrons. The second kappa shape index (κ2) is 5.20. The van der Waals surface area contributed by atoms with E-state index in [9.17, 15) is 18.4 Å². The Bertz CT molecular complexity index is 604. The molecule has 106 valence electrons. The van der Waals surface area contributed by atoms with Crippen molar-refractivity contribution >= 4 is 29.1 Å². The third-order valence-corrected chi connectivity index (χ3v) is 3.30. The number of ether oxygens (including phenoxy) is 1. The number of amides is 2. The lowest BCUT2D eigenvalue weighted by Crippen LogP contribution is -2.31. The number of hydrogen-bond donors (Lipinski definition) is 0. The highest BCUT2D eigenvalue weighted by Gasteiger charge is 2.34. The molecule has 0 spiro atoms. The minimum absolute atomic E-state index is 0.106. The number of rotatable bonds is 3. The smallest absolute Gasteiger partial charge is 0.387 e. The van der Waals surface area contributed by atoms with E-state index in [1.165, 1.54) is 18.2 Å². The highest BCUT2D eigenvalue weighted by Crippen LogP contribution is 2.33. The number of hydrogen-bond acceptors (Lipinski definition) is 3. The molecule has 4 nitrogen and oxygen atoms in total. The average molecular weight is 302 g/mol. The molecule has 1 aromatic carbocycles. The molecule has 20 heavy (non-hydrogen) atoms.